The minimum atomic E-state index is -0.311. The lowest BCUT2D eigenvalue weighted by molar-refractivity contribution is 0.0304. The molecule has 2 aliphatic rings. The Morgan fingerprint density at radius 1 is 1.17 bits per heavy atom. The minimum Gasteiger partial charge on any atom is -0.391 e. The standard InChI is InChI=1S/C19H26N4O/c1-13-3-4-14(2)15(5-13)8-22-9-16-6-18(23-12-20-11-21-23)19(24)7-17(16)10-22/h3-5,11-12,16-19,24H,6-10H2,1-2H3/t16-,17+,18-,19-/m1/s1. The predicted molar refractivity (Wildman–Crippen MR) is 92.5 cm³/mol. The fourth-order valence-corrected chi connectivity index (χ4v) is 4.52. The molecule has 1 N–H and O–H groups in total. The highest BCUT2D eigenvalue weighted by atomic mass is 16.3. The van der Waals surface area contributed by atoms with E-state index in [1.807, 2.05) is 4.68 Å². The van der Waals surface area contributed by atoms with E-state index in [4.69, 9.17) is 0 Å². The minimum absolute atomic E-state index is 0.0782. The van der Waals surface area contributed by atoms with Crippen molar-refractivity contribution in [2.75, 3.05) is 13.1 Å². The van der Waals surface area contributed by atoms with Gasteiger partial charge in [0.15, 0.2) is 0 Å². The lowest BCUT2D eigenvalue weighted by Crippen LogP contribution is -2.36. The van der Waals surface area contributed by atoms with Gasteiger partial charge in [-0.25, -0.2) is 9.67 Å². The van der Waals surface area contributed by atoms with Crippen molar-refractivity contribution in [3.63, 3.8) is 0 Å². The van der Waals surface area contributed by atoms with Crippen molar-refractivity contribution < 1.29 is 5.11 Å². The van der Waals surface area contributed by atoms with Gasteiger partial charge in [0.2, 0.25) is 0 Å². The lowest BCUT2D eigenvalue weighted by Gasteiger charge is -2.35. The Morgan fingerprint density at radius 3 is 2.71 bits per heavy atom. The number of rotatable bonds is 3. The number of nitrogens with zero attached hydrogens (tertiary/aromatic N) is 4. The van der Waals surface area contributed by atoms with Gasteiger partial charge in [0.25, 0.3) is 0 Å². The van der Waals surface area contributed by atoms with E-state index in [0.29, 0.717) is 11.8 Å². The van der Waals surface area contributed by atoms with Gasteiger partial charge in [-0.2, -0.15) is 5.10 Å². The zero-order valence-corrected chi connectivity index (χ0v) is 14.5. The first-order valence-electron chi connectivity index (χ1n) is 8.91. The van der Waals surface area contributed by atoms with Crippen molar-refractivity contribution >= 4 is 0 Å². The highest BCUT2D eigenvalue weighted by molar-refractivity contribution is 5.30. The molecule has 0 amide bonds. The van der Waals surface area contributed by atoms with Crippen LogP contribution in [0.4, 0.5) is 0 Å². The van der Waals surface area contributed by atoms with Gasteiger partial charge in [-0.05, 0) is 49.7 Å². The fraction of sp³-hybridized carbons (Fsp3) is 0.579. The molecule has 1 saturated heterocycles. The van der Waals surface area contributed by atoms with E-state index in [1.54, 1.807) is 12.7 Å². The molecule has 2 heterocycles. The average Bonchev–Trinajstić information content (AvgIpc) is 3.19. The molecule has 0 bridgehead atoms. The summed E-state index contributed by atoms with van der Waals surface area (Å²) >= 11 is 0. The first kappa shape index (κ1) is 15.8. The second kappa shape index (κ2) is 6.30. The van der Waals surface area contributed by atoms with Crippen molar-refractivity contribution in [2.24, 2.45) is 11.8 Å². The zero-order chi connectivity index (χ0) is 16.7. The van der Waals surface area contributed by atoms with Crippen LogP contribution < -0.4 is 0 Å². The molecule has 128 valence electrons. The molecule has 1 aliphatic heterocycles. The number of hydrogen-bond acceptors (Lipinski definition) is 4. The first-order chi connectivity index (χ1) is 11.6. The smallest absolute Gasteiger partial charge is 0.137 e. The molecule has 0 radical (unpaired) electrons. The largest absolute Gasteiger partial charge is 0.391 e. The van der Waals surface area contributed by atoms with Crippen molar-refractivity contribution in [2.45, 2.75) is 45.4 Å². The molecule has 4 rings (SSSR count). The summed E-state index contributed by atoms with van der Waals surface area (Å²) in [6, 6.07) is 6.79. The second-order valence-electron chi connectivity index (χ2n) is 7.63. The molecule has 1 aromatic carbocycles. The van der Waals surface area contributed by atoms with Gasteiger partial charge >= 0.3 is 0 Å². The summed E-state index contributed by atoms with van der Waals surface area (Å²) < 4.78 is 1.84. The summed E-state index contributed by atoms with van der Waals surface area (Å²) in [5.74, 6) is 1.25. The van der Waals surface area contributed by atoms with E-state index in [-0.39, 0.29) is 12.1 Å². The van der Waals surface area contributed by atoms with Gasteiger partial charge in [-0.3, -0.25) is 4.90 Å². The number of likely N-dealkylation sites (tertiary alicyclic amines) is 1. The molecule has 1 saturated carbocycles. The summed E-state index contributed by atoms with van der Waals surface area (Å²) in [5, 5.41) is 14.8. The van der Waals surface area contributed by atoms with Crippen LogP contribution in [-0.2, 0) is 6.54 Å². The number of fused-ring (bicyclic) bond motifs is 1. The normalized spacial score (nSPS) is 30.5. The molecule has 2 fully saturated rings. The van der Waals surface area contributed by atoms with E-state index in [2.05, 4.69) is 47.0 Å². The van der Waals surface area contributed by atoms with Crippen molar-refractivity contribution in [3.05, 3.63) is 47.5 Å². The molecule has 5 heteroatoms. The summed E-state index contributed by atoms with van der Waals surface area (Å²) in [6.45, 7) is 7.59. The first-order valence-corrected chi connectivity index (χ1v) is 8.91. The van der Waals surface area contributed by atoms with Crippen LogP contribution >= 0.6 is 0 Å². The molecule has 4 atom stereocenters. The van der Waals surface area contributed by atoms with E-state index in [9.17, 15) is 5.11 Å². The molecule has 0 spiro atoms. The van der Waals surface area contributed by atoms with Gasteiger partial charge in [0, 0.05) is 19.6 Å². The third kappa shape index (κ3) is 2.98. The van der Waals surface area contributed by atoms with Crippen LogP contribution in [0.15, 0.2) is 30.9 Å². The molecule has 0 unspecified atom stereocenters. The highest BCUT2D eigenvalue weighted by Gasteiger charge is 2.42. The number of benzene rings is 1. The molecule has 1 aliphatic carbocycles. The Balaban J connectivity index is 1.45. The van der Waals surface area contributed by atoms with Crippen LogP contribution in [-0.4, -0.2) is 44.0 Å². The molecule has 1 aromatic heterocycles. The van der Waals surface area contributed by atoms with Crippen molar-refractivity contribution in [1.29, 1.82) is 0 Å². The maximum Gasteiger partial charge on any atom is 0.137 e. The maximum atomic E-state index is 10.5. The monoisotopic (exact) mass is 326 g/mol. The van der Waals surface area contributed by atoms with E-state index >= 15 is 0 Å². The average molecular weight is 326 g/mol. The Morgan fingerprint density at radius 2 is 1.96 bits per heavy atom. The van der Waals surface area contributed by atoms with Gasteiger partial charge in [-0.1, -0.05) is 23.8 Å². The Bertz CT molecular complexity index is 699. The fourth-order valence-electron chi connectivity index (χ4n) is 4.52. The summed E-state index contributed by atoms with van der Waals surface area (Å²) in [6.07, 6.45) is 4.85. The van der Waals surface area contributed by atoms with Crippen molar-refractivity contribution in [1.82, 2.24) is 19.7 Å². The Labute approximate surface area is 143 Å². The molecular formula is C19H26N4O. The number of aliphatic hydroxyl groups is 1. The number of hydrogen-bond donors (Lipinski definition) is 1. The predicted octanol–water partition coefficient (Wildman–Crippen LogP) is 2.34. The van der Waals surface area contributed by atoms with Gasteiger partial charge in [0.1, 0.15) is 12.7 Å². The van der Waals surface area contributed by atoms with Crippen LogP contribution in [0.2, 0.25) is 0 Å². The van der Waals surface area contributed by atoms with Crippen LogP contribution in [0.5, 0.6) is 0 Å². The van der Waals surface area contributed by atoms with Crippen LogP contribution in [0.3, 0.4) is 0 Å². The van der Waals surface area contributed by atoms with Gasteiger partial charge in [-0.15, -0.1) is 0 Å². The van der Waals surface area contributed by atoms with Gasteiger partial charge in [0.05, 0.1) is 12.1 Å². The topological polar surface area (TPSA) is 54.2 Å². The summed E-state index contributed by atoms with van der Waals surface area (Å²) in [7, 11) is 0. The van der Waals surface area contributed by atoms with E-state index < -0.39 is 0 Å². The summed E-state index contributed by atoms with van der Waals surface area (Å²) in [4.78, 5) is 6.60. The van der Waals surface area contributed by atoms with Gasteiger partial charge < -0.3 is 5.11 Å². The third-order valence-electron chi connectivity index (χ3n) is 5.86. The van der Waals surface area contributed by atoms with Crippen molar-refractivity contribution in [3.8, 4) is 0 Å². The summed E-state index contributed by atoms with van der Waals surface area (Å²) in [5.41, 5.74) is 4.13. The Hall–Kier alpha value is -1.72. The van der Waals surface area contributed by atoms with Crippen LogP contribution in [0, 0.1) is 25.7 Å². The molecule has 5 nitrogen and oxygen atoms in total. The van der Waals surface area contributed by atoms with Crippen LogP contribution in [0.1, 0.15) is 35.6 Å². The number of aliphatic hydroxyl groups excluding tert-OH is 1. The van der Waals surface area contributed by atoms with E-state index in [0.717, 1.165) is 32.5 Å². The number of aromatic nitrogens is 3. The second-order valence-corrected chi connectivity index (χ2v) is 7.63. The SMILES string of the molecule is Cc1ccc(C)c(CN2C[C@H]3C[C@@H](n4cncn4)[C@H](O)C[C@H]3C2)c1. The Kier molecular flexibility index (Phi) is 4.14. The highest BCUT2D eigenvalue weighted by Crippen LogP contribution is 2.41. The lowest BCUT2D eigenvalue weighted by atomic mass is 9.77. The van der Waals surface area contributed by atoms with E-state index in [1.165, 1.54) is 16.7 Å². The maximum absolute atomic E-state index is 10.5. The number of aryl methyl sites for hydroxylation is 2. The molecular weight excluding hydrogens is 300 g/mol. The van der Waals surface area contributed by atoms with Crippen LogP contribution in [0.25, 0.3) is 0 Å². The molecule has 2 aromatic rings. The zero-order valence-electron chi connectivity index (χ0n) is 14.5. The molecule has 24 heavy (non-hydrogen) atoms. The quantitative estimate of drug-likeness (QED) is 0.941. The third-order valence-corrected chi connectivity index (χ3v) is 5.86.